The number of nitrogens with zero attached hydrogens (tertiary/aromatic N) is 1. The molecule has 7 heteroatoms. The minimum absolute atomic E-state index is 0.106. The largest absolute Gasteiger partial charge is 0.491 e. The van der Waals surface area contributed by atoms with Crippen molar-refractivity contribution in [2.75, 3.05) is 5.32 Å². The number of ether oxygens (including phenoxy) is 1. The lowest BCUT2D eigenvalue weighted by Gasteiger charge is -2.09. The van der Waals surface area contributed by atoms with E-state index in [4.69, 9.17) is 4.74 Å². The molecule has 0 aliphatic heterocycles. The van der Waals surface area contributed by atoms with Gasteiger partial charge in [0.25, 0.3) is 11.8 Å². The van der Waals surface area contributed by atoms with Crippen molar-refractivity contribution >= 4 is 35.1 Å². The lowest BCUT2D eigenvalue weighted by molar-refractivity contribution is 0.0956. The van der Waals surface area contributed by atoms with Gasteiger partial charge in [0.1, 0.15) is 5.75 Å². The predicted octanol–water partition coefficient (Wildman–Crippen LogP) is 4.55. The Morgan fingerprint density at radius 1 is 1.00 bits per heavy atom. The molecule has 0 saturated heterocycles. The Morgan fingerprint density at radius 3 is 2.45 bits per heavy atom. The van der Waals surface area contributed by atoms with Crippen molar-refractivity contribution in [3.8, 4) is 5.75 Å². The van der Waals surface area contributed by atoms with Gasteiger partial charge in [0.2, 0.25) is 0 Å². The number of nitrogens with one attached hydrogen (secondary N) is 2. The minimum atomic E-state index is -0.414. The highest BCUT2D eigenvalue weighted by atomic mass is 32.1. The number of carbonyl (C=O) groups excluding carboxylic acids is 2. The molecule has 0 aliphatic carbocycles. The number of benzene rings is 2. The molecule has 0 unspecified atom stereocenters. The van der Waals surface area contributed by atoms with Crippen LogP contribution in [-0.4, -0.2) is 24.1 Å². The molecule has 29 heavy (non-hydrogen) atoms. The van der Waals surface area contributed by atoms with Gasteiger partial charge in [-0.15, -0.1) is 11.3 Å². The average Bonchev–Trinajstić information content (AvgIpc) is 3.24. The molecule has 2 aromatic carbocycles. The third-order valence-electron chi connectivity index (χ3n) is 3.80. The topological polar surface area (TPSA) is 79.8 Å². The number of hydrogen-bond donors (Lipinski definition) is 2. The van der Waals surface area contributed by atoms with E-state index in [9.17, 15) is 9.59 Å². The molecule has 1 heterocycles. The predicted molar refractivity (Wildman–Crippen MR) is 116 cm³/mol. The molecule has 1 aromatic heterocycles. The molecule has 0 bridgehead atoms. The van der Waals surface area contributed by atoms with Crippen molar-refractivity contribution in [3.63, 3.8) is 0 Å². The fourth-order valence-electron chi connectivity index (χ4n) is 2.51. The van der Waals surface area contributed by atoms with Crippen LogP contribution in [0.4, 0.5) is 5.69 Å². The zero-order chi connectivity index (χ0) is 20.6. The van der Waals surface area contributed by atoms with Crippen molar-refractivity contribution in [3.05, 3.63) is 82.0 Å². The maximum atomic E-state index is 12.5. The number of amides is 2. The Kier molecular flexibility index (Phi) is 6.76. The van der Waals surface area contributed by atoms with E-state index in [-0.39, 0.29) is 12.0 Å². The molecule has 2 amide bonds. The molecule has 0 atom stereocenters. The van der Waals surface area contributed by atoms with Gasteiger partial charge in [-0.1, -0.05) is 18.2 Å². The fraction of sp³-hybridized carbons (Fsp3) is 0.136. The zero-order valence-electron chi connectivity index (χ0n) is 16.1. The maximum Gasteiger partial charge on any atom is 0.273 e. The molecule has 6 nitrogen and oxygen atoms in total. The van der Waals surface area contributed by atoms with Crippen LogP contribution in [0.5, 0.6) is 5.75 Å². The normalized spacial score (nSPS) is 10.9. The molecule has 3 aromatic rings. The van der Waals surface area contributed by atoms with Gasteiger partial charge in [0, 0.05) is 0 Å². The van der Waals surface area contributed by atoms with Crippen LogP contribution in [0.15, 0.2) is 71.1 Å². The number of thiophene rings is 1. The van der Waals surface area contributed by atoms with Crippen LogP contribution in [0.3, 0.4) is 0 Å². The Hall–Kier alpha value is -3.45. The molecule has 0 radical (unpaired) electrons. The zero-order valence-corrected chi connectivity index (χ0v) is 16.9. The highest BCUT2D eigenvalue weighted by Gasteiger charge is 2.14. The monoisotopic (exact) mass is 407 g/mol. The molecule has 0 saturated carbocycles. The van der Waals surface area contributed by atoms with E-state index in [1.165, 1.54) is 11.3 Å². The summed E-state index contributed by atoms with van der Waals surface area (Å²) in [6.45, 7) is 3.93. The van der Waals surface area contributed by atoms with Crippen LogP contribution in [0.1, 0.15) is 39.4 Å². The second-order valence-electron chi connectivity index (χ2n) is 6.41. The van der Waals surface area contributed by atoms with Crippen LogP contribution >= 0.6 is 11.3 Å². The molecular formula is C22H21N3O3S. The van der Waals surface area contributed by atoms with Gasteiger partial charge in [-0.25, -0.2) is 5.43 Å². The molecule has 2 N–H and O–H groups in total. The van der Waals surface area contributed by atoms with Gasteiger partial charge >= 0.3 is 0 Å². The summed E-state index contributed by atoms with van der Waals surface area (Å²) in [4.78, 5) is 25.3. The maximum absolute atomic E-state index is 12.5. The van der Waals surface area contributed by atoms with E-state index >= 15 is 0 Å². The van der Waals surface area contributed by atoms with Gasteiger partial charge in [0.05, 0.1) is 28.4 Å². The molecule has 0 fully saturated rings. The van der Waals surface area contributed by atoms with E-state index in [2.05, 4.69) is 15.8 Å². The highest BCUT2D eigenvalue weighted by molar-refractivity contribution is 7.12. The number of para-hydroxylation sites is 1. The second kappa shape index (κ2) is 9.66. The first-order valence-corrected chi connectivity index (χ1v) is 9.95. The van der Waals surface area contributed by atoms with Gasteiger partial charge in [-0.3, -0.25) is 9.59 Å². The quantitative estimate of drug-likeness (QED) is 0.445. The smallest absolute Gasteiger partial charge is 0.273 e. The van der Waals surface area contributed by atoms with Gasteiger partial charge in [-0.2, -0.15) is 5.10 Å². The summed E-state index contributed by atoms with van der Waals surface area (Å²) >= 11 is 1.34. The first-order valence-electron chi connectivity index (χ1n) is 9.07. The summed E-state index contributed by atoms with van der Waals surface area (Å²) in [6, 6.07) is 17.7. The lowest BCUT2D eigenvalue weighted by Crippen LogP contribution is -2.21. The summed E-state index contributed by atoms with van der Waals surface area (Å²) in [5, 5.41) is 8.59. The summed E-state index contributed by atoms with van der Waals surface area (Å²) in [5.41, 5.74) is 4.07. The Labute approximate surface area is 173 Å². The summed E-state index contributed by atoms with van der Waals surface area (Å²) in [6.07, 6.45) is 1.65. The number of hydrazone groups is 1. The second-order valence-corrected chi connectivity index (χ2v) is 7.36. The number of carbonyl (C=O) groups is 2. The van der Waals surface area contributed by atoms with Crippen molar-refractivity contribution in [2.24, 2.45) is 5.10 Å². The van der Waals surface area contributed by atoms with E-state index in [1.807, 2.05) is 43.5 Å². The fourth-order valence-corrected chi connectivity index (χ4v) is 3.13. The van der Waals surface area contributed by atoms with Crippen molar-refractivity contribution < 1.29 is 14.3 Å². The first kappa shape index (κ1) is 20.3. The van der Waals surface area contributed by atoms with E-state index in [0.29, 0.717) is 16.1 Å². The molecule has 3 rings (SSSR count). The minimum Gasteiger partial charge on any atom is -0.491 e. The Bertz CT molecular complexity index is 996. The van der Waals surface area contributed by atoms with Gasteiger partial charge in [0.15, 0.2) is 0 Å². The van der Waals surface area contributed by atoms with Crippen LogP contribution in [0, 0.1) is 0 Å². The number of hydrogen-bond acceptors (Lipinski definition) is 5. The van der Waals surface area contributed by atoms with E-state index in [1.54, 1.807) is 42.6 Å². The SMILES string of the molecule is CC(C)Oc1ccc(C=NNC(=O)c2ccccc2NC(=O)c2cccs2)cc1. The molecular weight excluding hydrogens is 386 g/mol. The summed E-state index contributed by atoms with van der Waals surface area (Å²) in [7, 11) is 0. The lowest BCUT2D eigenvalue weighted by atomic mass is 10.1. The van der Waals surface area contributed by atoms with Crippen LogP contribution in [0.25, 0.3) is 0 Å². The third kappa shape index (κ3) is 5.76. The summed E-state index contributed by atoms with van der Waals surface area (Å²) < 4.78 is 5.59. The van der Waals surface area contributed by atoms with Crippen molar-refractivity contribution in [1.82, 2.24) is 5.43 Å². The van der Waals surface area contributed by atoms with Crippen molar-refractivity contribution in [2.45, 2.75) is 20.0 Å². The van der Waals surface area contributed by atoms with E-state index < -0.39 is 5.91 Å². The number of rotatable bonds is 7. The molecule has 148 valence electrons. The van der Waals surface area contributed by atoms with Crippen LogP contribution in [-0.2, 0) is 0 Å². The molecule has 0 aliphatic rings. The van der Waals surface area contributed by atoms with Gasteiger partial charge in [-0.05, 0) is 67.3 Å². The summed E-state index contributed by atoms with van der Waals surface area (Å²) in [5.74, 6) is 0.104. The Morgan fingerprint density at radius 2 is 1.76 bits per heavy atom. The van der Waals surface area contributed by atoms with Crippen LogP contribution in [0.2, 0.25) is 0 Å². The molecule has 0 spiro atoms. The highest BCUT2D eigenvalue weighted by Crippen LogP contribution is 2.18. The van der Waals surface area contributed by atoms with Crippen LogP contribution < -0.4 is 15.5 Å². The third-order valence-corrected chi connectivity index (χ3v) is 4.67. The average molecular weight is 407 g/mol. The van der Waals surface area contributed by atoms with Gasteiger partial charge < -0.3 is 10.1 Å². The standard InChI is InChI=1S/C22H21N3O3S/c1-15(2)28-17-11-9-16(10-12-17)14-23-25-21(26)18-6-3-4-7-19(18)24-22(27)20-8-5-13-29-20/h3-15H,1-2H3,(H,24,27)(H,25,26). The Balaban J connectivity index is 1.63. The van der Waals surface area contributed by atoms with E-state index in [0.717, 1.165) is 11.3 Å². The first-order chi connectivity index (χ1) is 14.0. The number of anilines is 1. The van der Waals surface area contributed by atoms with Crippen molar-refractivity contribution in [1.29, 1.82) is 0 Å².